The Bertz CT molecular complexity index is 601. The highest BCUT2D eigenvalue weighted by Gasteiger charge is 2.34. The Morgan fingerprint density at radius 2 is 1.85 bits per heavy atom. The van der Waals surface area contributed by atoms with Gasteiger partial charge in [-0.15, -0.1) is 0 Å². The van der Waals surface area contributed by atoms with Crippen molar-refractivity contribution in [2.75, 3.05) is 39.3 Å². The number of rotatable bonds is 4. The van der Waals surface area contributed by atoms with E-state index in [4.69, 9.17) is 0 Å². The van der Waals surface area contributed by atoms with Gasteiger partial charge < -0.3 is 9.47 Å². The van der Waals surface area contributed by atoms with Crippen molar-refractivity contribution < 1.29 is 4.79 Å². The van der Waals surface area contributed by atoms with Crippen molar-refractivity contribution in [1.29, 1.82) is 0 Å². The Labute approximate surface area is 157 Å². The third-order valence-electron chi connectivity index (χ3n) is 6.61. The summed E-state index contributed by atoms with van der Waals surface area (Å²) in [6.45, 7) is 6.72. The SMILES string of the molecule is Cn1ccnc1CN1CCN(C(=O)[C@H]2CCCN(C3CCCC3)C2)CC1. The Morgan fingerprint density at radius 3 is 2.54 bits per heavy atom. The zero-order chi connectivity index (χ0) is 17.9. The molecule has 0 aromatic carbocycles. The van der Waals surface area contributed by atoms with E-state index in [9.17, 15) is 4.79 Å². The van der Waals surface area contributed by atoms with E-state index in [-0.39, 0.29) is 5.92 Å². The van der Waals surface area contributed by atoms with Crippen LogP contribution in [0.5, 0.6) is 0 Å². The molecule has 0 unspecified atom stereocenters. The molecule has 6 nitrogen and oxygen atoms in total. The maximum atomic E-state index is 13.1. The lowest BCUT2D eigenvalue weighted by Crippen LogP contribution is -2.53. The fourth-order valence-corrected chi connectivity index (χ4v) is 4.94. The largest absolute Gasteiger partial charge is 0.340 e. The average Bonchev–Trinajstić information content (AvgIpc) is 3.35. The highest BCUT2D eigenvalue weighted by atomic mass is 16.2. The molecule has 1 aromatic rings. The van der Waals surface area contributed by atoms with E-state index in [1.807, 2.05) is 19.4 Å². The molecule has 6 heteroatoms. The molecule has 1 saturated carbocycles. The summed E-state index contributed by atoms with van der Waals surface area (Å²) in [5, 5.41) is 0. The molecule has 144 valence electrons. The quantitative estimate of drug-likeness (QED) is 0.821. The van der Waals surface area contributed by atoms with Gasteiger partial charge in [0.25, 0.3) is 0 Å². The van der Waals surface area contributed by atoms with E-state index in [0.717, 1.165) is 57.6 Å². The first-order chi connectivity index (χ1) is 12.7. The van der Waals surface area contributed by atoms with Crippen molar-refractivity contribution in [3.05, 3.63) is 18.2 Å². The van der Waals surface area contributed by atoms with Crippen molar-refractivity contribution in [2.24, 2.45) is 13.0 Å². The number of amides is 1. The Morgan fingerprint density at radius 1 is 1.08 bits per heavy atom. The fourth-order valence-electron chi connectivity index (χ4n) is 4.94. The van der Waals surface area contributed by atoms with E-state index in [0.29, 0.717) is 5.91 Å². The van der Waals surface area contributed by atoms with Gasteiger partial charge in [0.2, 0.25) is 5.91 Å². The summed E-state index contributed by atoms with van der Waals surface area (Å²) in [5.74, 6) is 1.74. The van der Waals surface area contributed by atoms with Gasteiger partial charge >= 0.3 is 0 Å². The van der Waals surface area contributed by atoms with Crippen LogP contribution in [-0.2, 0) is 18.4 Å². The summed E-state index contributed by atoms with van der Waals surface area (Å²) in [4.78, 5) is 24.6. The molecule has 2 saturated heterocycles. The molecule has 26 heavy (non-hydrogen) atoms. The van der Waals surface area contributed by atoms with E-state index in [1.165, 1.54) is 38.6 Å². The second-order valence-electron chi connectivity index (χ2n) is 8.33. The standard InChI is InChI=1S/C20H33N5O/c1-22-10-8-21-19(22)16-23-11-13-24(14-12-23)20(26)17-5-4-9-25(15-17)18-6-2-3-7-18/h8,10,17-18H,2-7,9,11-16H2,1H3/t17-/m0/s1. The number of carbonyl (C=O) groups is 1. The maximum absolute atomic E-state index is 13.1. The van der Waals surface area contributed by atoms with Crippen LogP contribution in [0.4, 0.5) is 0 Å². The van der Waals surface area contributed by atoms with Crippen molar-refractivity contribution in [2.45, 2.75) is 51.1 Å². The van der Waals surface area contributed by atoms with Gasteiger partial charge in [-0.3, -0.25) is 14.6 Å². The molecule has 1 amide bonds. The minimum Gasteiger partial charge on any atom is -0.340 e. The van der Waals surface area contributed by atoms with Crippen LogP contribution in [0.3, 0.4) is 0 Å². The van der Waals surface area contributed by atoms with Crippen LogP contribution in [0, 0.1) is 5.92 Å². The van der Waals surface area contributed by atoms with Crippen LogP contribution in [0.2, 0.25) is 0 Å². The zero-order valence-electron chi connectivity index (χ0n) is 16.1. The Kier molecular flexibility index (Phi) is 5.60. The number of likely N-dealkylation sites (tertiary alicyclic amines) is 1. The molecule has 3 fully saturated rings. The summed E-state index contributed by atoms with van der Waals surface area (Å²) >= 11 is 0. The number of carbonyl (C=O) groups excluding carboxylic acids is 1. The zero-order valence-corrected chi connectivity index (χ0v) is 16.1. The topological polar surface area (TPSA) is 44.6 Å². The first-order valence-corrected chi connectivity index (χ1v) is 10.4. The van der Waals surface area contributed by atoms with Gasteiger partial charge in [0, 0.05) is 58.2 Å². The third-order valence-corrected chi connectivity index (χ3v) is 6.61. The first-order valence-electron chi connectivity index (χ1n) is 10.4. The fraction of sp³-hybridized carbons (Fsp3) is 0.800. The molecule has 1 aromatic heterocycles. The molecule has 1 aliphatic carbocycles. The second-order valence-corrected chi connectivity index (χ2v) is 8.33. The maximum Gasteiger partial charge on any atom is 0.227 e. The lowest BCUT2D eigenvalue weighted by molar-refractivity contribution is -0.139. The van der Waals surface area contributed by atoms with Crippen molar-refractivity contribution >= 4 is 5.91 Å². The molecule has 0 spiro atoms. The van der Waals surface area contributed by atoms with Crippen LogP contribution < -0.4 is 0 Å². The van der Waals surface area contributed by atoms with Crippen molar-refractivity contribution in [3.63, 3.8) is 0 Å². The summed E-state index contributed by atoms with van der Waals surface area (Å²) in [7, 11) is 2.04. The molecule has 2 aliphatic heterocycles. The van der Waals surface area contributed by atoms with Crippen LogP contribution in [0.1, 0.15) is 44.3 Å². The second kappa shape index (κ2) is 8.09. The summed E-state index contributed by atoms with van der Waals surface area (Å²) < 4.78 is 2.08. The highest BCUT2D eigenvalue weighted by Crippen LogP contribution is 2.28. The van der Waals surface area contributed by atoms with Gasteiger partial charge in [0.05, 0.1) is 12.5 Å². The lowest BCUT2D eigenvalue weighted by Gasteiger charge is -2.40. The van der Waals surface area contributed by atoms with Crippen LogP contribution in [0.15, 0.2) is 12.4 Å². The predicted molar refractivity (Wildman–Crippen MR) is 102 cm³/mol. The summed E-state index contributed by atoms with van der Waals surface area (Å²) in [5.41, 5.74) is 0. The molecular formula is C20H33N5O. The number of aryl methyl sites for hydroxylation is 1. The van der Waals surface area contributed by atoms with E-state index in [1.54, 1.807) is 0 Å². The molecule has 4 rings (SSSR count). The van der Waals surface area contributed by atoms with Crippen LogP contribution in [-0.4, -0.2) is 75.5 Å². The Hall–Kier alpha value is -1.40. The molecule has 0 radical (unpaired) electrons. The van der Waals surface area contributed by atoms with Gasteiger partial charge in [-0.2, -0.15) is 0 Å². The minimum absolute atomic E-state index is 0.227. The number of hydrogen-bond donors (Lipinski definition) is 0. The summed E-state index contributed by atoms with van der Waals surface area (Å²) in [6, 6.07) is 0.750. The highest BCUT2D eigenvalue weighted by molar-refractivity contribution is 5.79. The van der Waals surface area contributed by atoms with Gasteiger partial charge in [0.15, 0.2) is 0 Å². The number of piperidine rings is 1. The van der Waals surface area contributed by atoms with Gasteiger partial charge in [-0.1, -0.05) is 12.8 Å². The lowest BCUT2D eigenvalue weighted by atomic mass is 9.94. The Balaban J connectivity index is 1.27. The molecule has 3 aliphatic rings. The van der Waals surface area contributed by atoms with E-state index < -0.39 is 0 Å². The molecule has 3 heterocycles. The predicted octanol–water partition coefficient (Wildman–Crippen LogP) is 1.72. The van der Waals surface area contributed by atoms with Gasteiger partial charge in [-0.25, -0.2) is 4.98 Å². The third kappa shape index (κ3) is 3.96. The number of aromatic nitrogens is 2. The van der Waals surface area contributed by atoms with Gasteiger partial charge in [0.1, 0.15) is 5.82 Å². The monoisotopic (exact) mass is 359 g/mol. The smallest absolute Gasteiger partial charge is 0.227 e. The van der Waals surface area contributed by atoms with Crippen molar-refractivity contribution in [1.82, 2.24) is 24.3 Å². The average molecular weight is 360 g/mol. The minimum atomic E-state index is 0.227. The van der Waals surface area contributed by atoms with Crippen LogP contribution in [0.25, 0.3) is 0 Å². The first kappa shape index (κ1) is 18.0. The number of imidazole rings is 1. The molecule has 1 atom stereocenters. The normalized spacial score (nSPS) is 26.5. The number of piperazine rings is 1. The van der Waals surface area contributed by atoms with Crippen LogP contribution >= 0.6 is 0 Å². The van der Waals surface area contributed by atoms with Gasteiger partial charge in [-0.05, 0) is 32.2 Å². The number of nitrogens with zero attached hydrogens (tertiary/aromatic N) is 5. The number of hydrogen-bond acceptors (Lipinski definition) is 4. The molecule has 0 N–H and O–H groups in total. The van der Waals surface area contributed by atoms with E-state index in [2.05, 4.69) is 24.3 Å². The van der Waals surface area contributed by atoms with Crippen molar-refractivity contribution in [3.8, 4) is 0 Å². The van der Waals surface area contributed by atoms with E-state index >= 15 is 0 Å². The summed E-state index contributed by atoms with van der Waals surface area (Å²) in [6.07, 6.45) is 11.5. The molecular weight excluding hydrogens is 326 g/mol. The molecule has 0 bridgehead atoms.